The van der Waals surface area contributed by atoms with Gasteiger partial charge < -0.3 is 5.32 Å². The summed E-state index contributed by atoms with van der Waals surface area (Å²) in [6.07, 6.45) is 2.74. The van der Waals surface area contributed by atoms with Gasteiger partial charge in [-0.05, 0) is 45.9 Å². The van der Waals surface area contributed by atoms with Gasteiger partial charge in [0.1, 0.15) is 0 Å². The number of nitrogens with one attached hydrogen (secondary N) is 1. The first-order valence-electron chi connectivity index (χ1n) is 7.87. The molecule has 2 heterocycles. The number of piperazine rings is 1. The van der Waals surface area contributed by atoms with Crippen LogP contribution in [-0.2, 0) is 13.1 Å². The molecule has 0 aromatic carbocycles. The minimum Gasteiger partial charge on any atom is -0.309 e. The van der Waals surface area contributed by atoms with Gasteiger partial charge in [-0.15, -0.1) is 11.3 Å². The van der Waals surface area contributed by atoms with E-state index in [0.29, 0.717) is 12.1 Å². The lowest BCUT2D eigenvalue weighted by atomic mass is 10.1. The maximum absolute atomic E-state index is 3.60. The monoisotopic (exact) mass is 293 g/mol. The predicted molar refractivity (Wildman–Crippen MR) is 86.1 cm³/mol. The lowest BCUT2D eigenvalue weighted by molar-refractivity contribution is 0.0562. The van der Waals surface area contributed by atoms with Crippen molar-refractivity contribution in [3.63, 3.8) is 0 Å². The van der Waals surface area contributed by atoms with Gasteiger partial charge in [0.2, 0.25) is 0 Å². The summed E-state index contributed by atoms with van der Waals surface area (Å²) in [6, 6.07) is 6.75. The Morgan fingerprint density at radius 2 is 1.80 bits per heavy atom. The van der Waals surface area contributed by atoms with Gasteiger partial charge in [-0.1, -0.05) is 0 Å². The summed E-state index contributed by atoms with van der Waals surface area (Å²) in [5.41, 5.74) is 0. The Morgan fingerprint density at radius 1 is 1.15 bits per heavy atom. The zero-order valence-electron chi connectivity index (χ0n) is 12.9. The molecule has 1 aliphatic heterocycles. The van der Waals surface area contributed by atoms with Crippen molar-refractivity contribution < 1.29 is 0 Å². The fourth-order valence-electron chi connectivity index (χ4n) is 3.00. The van der Waals surface area contributed by atoms with Crippen LogP contribution in [0.3, 0.4) is 0 Å². The summed E-state index contributed by atoms with van der Waals surface area (Å²) in [7, 11) is 2.25. The maximum atomic E-state index is 3.60. The van der Waals surface area contributed by atoms with Gasteiger partial charge in [0, 0.05) is 54.1 Å². The van der Waals surface area contributed by atoms with E-state index in [0.717, 1.165) is 19.1 Å². The molecule has 1 saturated heterocycles. The fourth-order valence-corrected chi connectivity index (χ4v) is 4.01. The van der Waals surface area contributed by atoms with Crippen molar-refractivity contribution in [1.29, 1.82) is 0 Å². The molecular weight excluding hydrogens is 266 g/mol. The summed E-state index contributed by atoms with van der Waals surface area (Å²) in [6.45, 7) is 9.23. The largest absolute Gasteiger partial charge is 0.309 e. The molecule has 0 amide bonds. The predicted octanol–water partition coefficient (Wildman–Crippen LogP) is 2.52. The SMILES string of the molecule is CC1CN(Cc2ccc(CNC3CC3)s2)CC(C)N1C. The molecule has 0 radical (unpaired) electrons. The molecule has 1 saturated carbocycles. The third-order valence-electron chi connectivity index (χ3n) is 4.67. The molecule has 1 aromatic rings. The van der Waals surface area contributed by atoms with Crippen molar-refractivity contribution >= 4 is 11.3 Å². The van der Waals surface area contributed by atoms with E-state index >= 15 is 0 Å². The highest BCUT2D eigenvalue weighted by Gasteiger charge is 2.26. The molecular formula is C16H27N3S. The minimum atomic E-state index is 0.662. The lowest BCUT2D eigenvalue weighted by Gasteiger charge is -2.42. The molecule has 4 heteroatoms. The zero-order chi connectivity index (χ0) is 14.1. The molecule has 2 fully saturated rings. The fraction of sp³-hybridized carbons (Fsp3) is 0.750. The Hall–Kier alpha value is -0.420. The van der Waals surface area contributed by atoms with Crippen LogP contribution in [0.25, 0.3) is 0 Å². The molecule has 0 bridgehead atoms. The van der Waals surface area contributed by atoms with E-state index in [1.807, 2.05) is 11.3 Å². The Labute approximate surface area is 127 Å². The quantitative estimate of drug-likeness (QED) is 0.900. The van der Waals surface area contributed by atoms with E-state index in [-0.39, 0.29) is 0 Å². The van der Waals surface area contributed by atoms with Crippen molar-refractivity contribution in [2.75, 3.05) is 20.1 Å². The Bertz CT molecular complexity index is 429. The van der Waals surface area contributed by atoms with Gasteiger partial charge in [0.25, 0.3) is 0 Å². The highest BCUT2D eigenvalue weighted by molar-refractivity contribution is 7.11. The van der Waals surface area contributed by atoms with E-state index in [9.17, 15) is 0 Å². The first-order chi connectivity index (χ1) is 9.61. The number of rotatable bonds is 5. The van der Waals surface area contributed by atoms with E-state index in [4.69, 9.17) is 0 Å². The van der Waals surface area contributed by atoms with Gasteiger partial charge in [0.15, 0.2) is 0 Å². The summed E-state index contributed by atoms with van der Waals surface area (Å²) in [4.78, 5) is 8.11. The van der Waals surface area contributed by atoms with E-state index in [2.05, 4.69) is 48.1 Å². The van der Waals surface area contributed by atoms with Crippen LogP contribution in [-0.4, -0.2) is 48.1 Å². The molecule has 2 unspecified atom stereocenters. The highest BCUT2D eigenvalue weighted by Crippen LogP contribution is 2.23. The van der Waals surface area contributed by atoms with E-state index < -0.39 is 0 Å². The molecule has 112 valence electrons. The summed E-state index contributed by atoms with van der Waals surface area (Å²) >= 11 is 1.98. The number of nitrogens with zero attached hydrogens (tertiary/aromatic N) is 2. The number of hydrogen-bond acceptors (Lipinski definition) is 4. The second kappa shape index (κ2) is 6.14. The first-order valence-corrected chi connectivity index (χ1v) is 8.68. The van der Waals surface area contributed by atoms with Crippen LogP contribution in [0.4, 0.5) is 0 Å². The van der Waals surface area contributed by atoms with Crippen LogP contribution in [0.1, 0.15) is 36.4 Å². The molecule has 1 aromatic heterocycles. The minimum absolute atomic E-state index is 0.662. The van der Waals surface area contributed by atoms with Gasteiger partial charge in [0.05, 0.1) is 0 Å². The molecule has 1 aliphatic carbocycles. The number of hydrogen-bond donors (Lipinski definition) is 1. The van der Waals surface area contributed by atoms with Gasteiger partial charge in [-0.25, -0.2) is 0 Å². The Morgan fingerprint density at radius 3 is 2.45 bits per heavy atom. The van der Waals surface area contributed by atoms with Crippen molar-refractivity contribution in [3.8, 4) is 0 Å². The molecule has 2 atom stereocenters. The molecule has 3 nitrogen and oxygen atoms in total. The third-order valence-corrected chi connectivity index (χ3v) is 5.74. The lowest BCUT2D eigenvalue weighted by Crippen LogP contribution is -2.54. The van der Waals surface area contributed by atoms with Crippen LogP contribution in [0.15, 0.2) is 12.1 Å². The van der Waals surface area contributed by atoms with Crippen molar-refractivity contribution in [3.05, 3.63) is 21.9 Å². The normalized spacial score (nSPS) is 28.9. The summed E-state index contributed by atoms with van der Waals surface area (Å²) in [5, 5.41) is 3.60. The number of thiophene rings is 1. The molecule has 20 heavy (non-hydrogen) atoms. The molecule has 2 aliphatic rings. The van der Waals surface area contributed by atoms with Gasteiger partial charge >= 0.3 is 0 Å². The summed E-state index contributed by atoms with van der Waals surface area (Å²) in [5.74, 6) is 0. The van der Waals surface area contributed by atoms with Gasteiger partial charge in [-0.2, -0.15) is 0 Å². The summed E-state index contributed by atoms with van der Waals surface area (Å²) < 4.78 is 0. The van der Waals surface area contributed by atoms with Gasteiger partial charge in [-0.3, -0.25) is 9.80 Å². The second-order valence-corrected chi connectivity index (χ2v) is 7.83. The average molecular weight is 293 g/mol. The molecule has 1 N–H and O–H groups in total. The maximum Gasteiger partial charge on any atom is 0.0329 e. The Balaban J connectivity index is 1.51. The second-order valence-electron chi connectivity index (χ2n) is 6.58. The van der Waals surface area contributed by atoms with Crippen molar-refractivity contribution in [2.45, 2.75) is 57.9 Å². The van der Waals surface area contributed by atoms with Crippen LogP contribution in [0.2, 0.25) is 0 Å². The van der Waals surface area contributed by atoms with Crippen LogP contribution in [0, 0.1) is 0 Å². The third kappa shape index (κ3) is 3.61. The van der Waals surface area contributed by atoms with Crippen LogP contribution >= 0.6 is 11.3 Å². The average Bonchev–Trinajstić information content (AvgIpc) is 3.14. The Kier molecular flexibility index (Phi) is 4.46. The van der Waals surface area contributed by atoms with E-state index in [1.54, 1.807) is 0 Å². The topological polar surface area (TPSA) is 18.5 Å². The standard InChI is InChI=1S/C16H27N3S/c1-12-9-19(10-13(2)18(12)3)11-16-7-6-15(20-16)8-17-14-4-5-14/h6-7,12-14,17H,4-5,8-11H2,1-3H3. The smallest absolute Gasteiger partial charge is 0.0329 e. The molecule has 0 spiro atoms. The van der Waals surface area contributed by atoms with E-state index in [1.165, 1.54) is 35.7 Å². The zero-order valence-corrected chi connectivity index (χ0v) is 13.7. The van der Waals surface area contributed by atoms with Crippen LogP contribution in [0.5, 0.6) is 0 Å². The van der Waals surface area contributed by atoms with Crippen molar-refractivity contribution in [2.24, 2.45) is 0 Å². The first kappa shape index (κ1) is 14.5. The number of likely N-dealkylation sites (N-methyl/N-ethyl adjacent to an activating group) is 1. The highest BCUT2D eigenvalue weighted by atomic mass is 32.1. The van der Waals surface area contributed by atoms with Crippen LogP contribution < -0.4 is 5.32 Å². The molecule has 3 rings (SSSR count). The van der Waals surface area contributed by atoms with Crippen molar-refractivity contribution in [1.82, 2.24) is 15.1 Å².